The molecule has 1 heterocycles. The highest BCUT2D eigenvalue weighted by molar-refractivity contribution is 6.02. The van der Waals surface area contributed by atoms with E-state index in [9.17, 15) is 9.59 Å². The van der Waals surface area contributed by atoms with Crippen molar-refractivity contribution in [1.82, 2.24) is 0 Å². The number of esters is 2. The van der Waals surface area contributed by atoms with Crippen LogP contribution in [0, 0.1) is 18.8 Å². The van der Waals surface area contributed by atoms with Crippen molar-refractivity contribution in [2.45, 2.75) is 18.8 Å². The van der Waals surface area contributed by atoms with Gasteiger partial charge < -0.3 is 4.74 Å². The largest absolute Gasteiger partial charge is 0.393 e. The van der Waals surface area contributed by atoms with Crippen LogP contribution in [-0.2, 0) is 14.3 Å². The normalized spacial score (nSPS) is 27.9. The van der Waals surface area contributed by atoms with E-state index < -0.39 is 11.8 Å². The molecule has 4 unspecified atom stereocenters. The SMILES string of the molecule is Cc1cc2c(c3ccccc13)C1c3ccccc3C2C2C(=O)OC(=O)C12. The van der Waals surface area contributed by atoms with E-state index in [4.69, 9.17) is 4.74 Å². The maximum absolute atomic E-state index is 12.6. The van der Waals surface area contributed by atoms with Crippen LogP contribution in [0.3, 0.4) is 0 Å². The van der Waals surface area contributed by atoms with Gasteiger partial charge in [0.1, 0.15) is 0 Å². The maximum atomic E-state index is 12.6. The second-order valence-corrected chi connectivity index (χ2v) is 7.62. The lowest BCUT2D eigenvalue weighted by molar-refractivity contribution is -0.153. The van der Waals surface area contributed by atoms with Crippen molar-refractivity contribution in [3.05, 3.63) is 82.4 Å². The molecule has 3 aliphatic carbocycles. The van der Waals surface area contributed by atoms with E-state index in [-0.39, 0.29) is 23.8 Å². The Labute approximate surface area is 150 Å². The van der Waals surface area contributed by atoms with Gasteiger partial charge in [0.05, 0.1) is 11.8 Å². The van der Waals surface area contributed by atoms with Gasteiger partial charge in [0, 0.05) is 11.8 Å². The number of aryl methyl sites for hydroxylation is 1. The van der Waals surface area contributed by atoms with E-state index >= 15 is 0 Å². The average Bonchev–Trinajstić information content (AvgIpc) is 2.97. The van der Waals surface area contributed by atoms with Gasteiger partial charge >= 0.3 is 11.9 Å². The van der Waals surface area contributed by atoms with E-state index in [0.29, 0.717) is 0 Å². The zero-order valence-electron chi connectivity index (χ0n) is 14.2. The molecular weight excluding hydrogens is 324 g/mol. The Morgan fingerprint density at radius 2 is 1.31 bits per heavy atom. The Balaban J connectivity index is 1.78. The third-order valence-corrected chi connectivity index (χ3v) is 6.49. The number of carbonyl (C=O) groups excluding carboxylic acids is 2. The molecule has 3 aromatic carbocycles. The number of rotatable bonds is 0. The third kappa shape index (κ3) is 1.50. The number of hydrogen-bond acceptors (Lipinski definition) is 3. The second-order valence-electron chi connectivity index (χ2n) is 7.62. The van der Waals surface area contributed by atoms with Crippen molar-refractivity contribution >= 4 is 22.7 Å². The van der Waals surface area contributed by atoms with Crippen LogP contribution in [0.1, 0.15) is 39.7 Å². The quantitative estimate of drug-likeness (QED) is 0.458. The Morgan fingerprint density at radius 1 is 0.731 bits per heavy atom. The standard InChI is InChI=1S/C23H16O3/c1-11-10-16-17(13-7-3-2-6-12(11)13)19-15-9-5-4-8-14(15)18(16)20-21(19)23(25)26-22(20)24/h2-10,18-21H,1H3. The average molecular weight is 340 g/mol. The molecule has 7 rings (SSSR count). The summed E-state index contributed by atoms with van der Waals surface area (Å²) in [5.41, 5.74) is 5.96. The molecule has 26 heavy (non-hydrogen) atoms. The molecule has 0 N–H and O–H groups in total. The van der Waals surface area contributed by atoms with Crippen molar-refractivity contribution in [2.75, 3.05) is 0 Å². The molecule has 0 spiro atoms. The summed E-state index contributed by atoms with van der Waals surface area (Å²) in [6.45, 7) is 2.12. The molecular formula is C23H16O3. The van der Waals surface area contributed by atoms with Crippen LogP contribution in [0.5, 0.6) is 0 Å². The zero-order chi connectivity index (χ0) is 17.6. The van der Waals surface area contributed by atoms with Crippen LogP contribution in [0.15, 0.2) is 54.6 Å². The van der Waals surface area contributed by atoms with Gasteiger partial charge in [-0.25, -0.2) is 0 Å². The highest BCUT2D eigenvalue weighted by Gasteiger charge is 2.60. The summed E-state index contributed by atoms with van der Waals surface area (Å²) >= 11 is 0. The lowest BCUT2D eigenvalue weighted by Gasteiger charge is -2.46. The van der Waals surface area contributed by atoms with Gasteiger partial charge in [-0.05, 0) is 45.5 Å². The van der Waals surface area contributed by atoms with E-state index in [1.54, 1.807) is 0 Å². The molecule has 3 aromatic rings. The molecule has 3 nitrogen and oxygen atoms in total. The Bertz CT molecular complexity index is 1140. The van der Waals surface area contributed by atoms with Crippen molar-refractivity contribution in [3.63, 3.8) is 0 Å². The minimum Gasteiger partial charge on any atom is -0.393 e. The molecule has 1 saturated heterocycles. The van der Waals surface area contributed by atoms with Crippen LogP contribution >= 0.6 is 0 Å². The van der Waals surface area contributed by atoms with Crippen LogP contribution in [0.25, 0.3) is 10.8 Å². The van der Waals surface area contributed by atoms with Crippen molar-refractivity contribution in [2.24, 2.45) is 11.8 Å². The summed E-state index contributed by atoms with van der Waals surface area (Å²) in [5, 5.41) is 2.41. The fourth-order valence-corrected chi connectivity index (χ4v) is 5.59. The Kier molecular flexibility index (Phi) is 2.53. The third-order valence-electron chi connectivity index (χ3n) is 6.49. The van der Waals surface area contributed by atoms with Crippen molar-refractivity contribution in [1.29, 1.82) is 0 Å². The predicted octanol–water partition coefficient (Wildman–Crippen LogP) is 4.05. The molecule has 4 atom stereocenters. The summed E-state index contributed by atoms with van der Waals surface area (Å²) in [6, 6.07) is 18.8. The fraction of sp³-hybridized carbons (Fsp3) is 0.217. The topological polar surface area (TPSA) is 43.4 Å². The minimum absolute atomic E-state index is 0.0987. The minimum atomic E-state index is -0.402. The molecule has 126 valence electrons. The number of carbonyl (C=O) groups is 2. The molecule has 1 aliphatic heterocycles. The Morgan fingerprint density at radius 3 is 2.04 bits per heavy atom. The highest BCUT2D eigenvalue weighted by Crippen LogP contribution is 2.62. The monoisotopic (exact) mass is 340 g/mol. The Hall–Kier alpha value is -2.94. The summed E-state index contributed by atoms with van der Waals surface area (Å²) < 4.78 is 5.12. The van der Waals surface area contributed by atoms with E-state index in [1.165, 1.54) is 38.6 Å². The number of cyclic esters (lactones) is 2. The molecule has 3 heteroatoms. The van der Waals surface area contributed by atoms with E-state index in [0.717, 1.165) is 0 Å². The second kappa shape index (κ2) is 4.61. The van der Waals surface area contributed by atoms with Crippen LogP contribution < -0.4 is 0 Å². The summed E-state index contributed by atoms with van der Waals surface area (Å²) in [4.78, 5) is 25.1. The van der Waals surface area contributed by atoms with Gasteiger partial charge in [-0.3, -0.25) is 9.59 Å². The van der Waals surface area contributed by atoms with E-state index in [2.05, 4.69) is 37.3 Å². The molecule has 0 amide bonds. The highest BCUT2D eigenvalue weighted by atomic mass is 16.6. The molecule has 0 radical (unpaired) electrons. The summed E-state index contributed by atoms with van der Waals surface area (Å²) in [6.07, 6.45) is 0. The first kappa shape index (κ1) is 14.3. The van der Waals surface area contributed by atoms with Gasteiger partial charge in [0.25, 0.3) is 0 Å². The first-order valence-corrected chi connectivity index (χ1v) is 9.03. The zero-order valence-corrected chi connectivity index (χ0v) is 14.2. The van der Waals surface area contributed by atoms with Gasteiger partial charge in [0.15, 0.2) is 0 Å². The lowest BCUT2D eigenvalue weighted by atomic mass is 9.54. The number of benzene rings is 3. The molecule has 1 fully saturated rings. The molecule has 2 bridgehead atoms. The predicted molar refractivity (Wildman–Crippen MR) is 96.9 cm³/mol. The fourth-order valence-electron chi connectivity index (χ4n) is 5.59. The van der Waals surface area contributed by atoms with Crippen LogP contribution in [-0.4, -0.2) is 11.9 Å². The van der Waals surface area contributed by atoms with E-state index in [1.807, 2.05) is 24.3 Å². The lowest BCUT2D eigenvalue weighted by Crippen LogP contribution is -2.41. The first-order chi connectivity index (χ1) is 12.7. The molecule has 0 saturated carbocycles. The molecule has 0 aromatic heterocycles. The number of fused-ring (bicyclic) bond motifs is 1. The van der Waals surface area contributed by atoms with Crippen LogP contribution in [0.4, 0.5) is 0 Å². The smallest absolute Gasteiger partial charge is 0.318 e. The van der Waals surface area contributed by atoms with Gasteiger partial charge in [-0.1, -0.05) is 54.6 Å². The van der Waals surface area contributed by atoms with Crippen LogP contribution in [0.2, 0.25) is 0 Å². The van der Waals surface area contributed by atoms with Gasteiger partial charge in [-0.15, -0.1) is 0 Å². The van der Waals surface area contributed by atoms with Crippen molar-refractivity contribution in [3.8, 4) is 0 Å². The summed E-state index contributed by atoms with van der Waals surface area (Å²) in [7, 11) is 0. The maximum Gasteiger partial charge on any atom is 0.318 e. The first-order valence-electron chi connectivity index (χ1n) is 9.03. The summed E-state index contributed by atoms with van der Waals surface area (Å²) in [5.74, 6) is -1.73. The van der Waals surface area contributed by atoms with Gasteiger partial charge in [-0.2, -0.15) is 0 Å². The number of ether oxygens (including phenoxy) is 1. The molecule has 4 aliphatic rings. The van der Waals surface area contributed by atoms with Crippen molar-refractivity contribution < 1.29 is 14.3 Å². The van der Waals surface area contributed by atoms with Gasteiger partial charge in [0.2, 0.25) is 0 Å². The number of hydrogen-bond donors (Lipinski definition) is 0.